The molecule has 1 aromatic rings. The Balaban J connectivity index is 2.83. The summed E-state index contributed by atoms with van der Waals surface area (Å²) in [5.41, 5.74) is 2.72. The van der Waals surface area contributed by atoms with Crippen molar-refractivity contribution in [3.8, 4) is 0 Å². The normalized spacial score (nSPS) is 14.2. The van der Waals surface area contributed by atoms with Crippen LogP contribution >= 0.6 is 0 Å². The topological polar surface area (TPSA) is 0 Å². The van der Waals surface area contributed by atoms with Crippen molar-refractivity contribution in [3.05, 3.63) is 65.8 Å². The fourth-order valence-electron chi connectivity index (χ4n) is 2.37. The van der Waals surface area contributed by atoms with Crippen LogP contribution in [0, 0.1) is 5.92 Å². The van der Waals surface area contributed by atoms with Gasteiger partial charge < -0.3 is 0 Å². The lowest BCUT2D eigenvalue weighted by Gasteiger charge is -2.15. The third-order valence-corrected chi connectivity index (χ3v) is 3.52. The van der Waals surface area contributed by atoms with Crippen LogP contribution in [0.15, 0.2) is 60.2 Å². The van der Waals surface area contributed by atoms with E-state index < -0.39 is 0 Å². The maximum Gasteiger partial charge on any atom is -0.0165 e. The third kappa shape index (κ3) is 6.06. The van der Waals surface area contributed by atoms with E-state index in [-0.39, 0.29) is 0 Å². The zero-order valence-corrected chi connectivity index (χ0v) is 13.2. The second kappa shape index (κ2) is 10.3. The molecule has 0 saturated heterocycles. The Morgan fingerprint density at radius 3 is 2.45 bits per heavy atom. The van der Waals surface area contributed by atoms with Crippen molar-refractivity contribution in [3.63, 3.8) is 0 Å². The predicted molar refractivity (Wildman–Crippen MR) is 91.7 cm³/mol. The average molecular weight is 268 g/mol. The molecule has 0 heteroatoms. The van der Waals surface area contributed by atoms with Gasteiger partial charge in [-0.25, -0.2) is 0 Å². The van der Waals surface area contributed by atoms with Crippen LogP contribution in [-0.4, -0.2) is 0 Å². The van der Waals surface area contributed by atoms with Crippen LogP contribution in [0.1, 0.15) is 52.0 Å². The quantitative estimate of drug-likeness (QED) is 0.477. The predicted octanol–water partition coefficient (Wildman–Crippen LogP) is 6.42. The van der Waals surface area contributed by atoms with Gasteiger partial charge in [-0.05, 0) is 36.3 Å². The number of hydrogen-bond acceptors (Lipinski definition) is 0. The third-order valence-electron chi connectivity index (χ3n) is 3.52. The van der Waals surface area contributed by atoms with Gasteiger partial charge in [-0.2, -0.15) is 0 Å². The Morgan fingerprint density at radius 1 is 1.10 bits per heavy atom. The molecule has 108 valence electrons. The first-order valence-electron chi connectivity index (χ1n) is 7.91. The van der Waals surface area contributed by atoms with Crippen LogP contribution in [0.4, 0.5) is 0 Å². The Hall–Kier alpha value is -1.56. The second-order valence-corrected chi connectivity index (χ2v) is 5.14. The van der Waals surface area contributed by atoms with E-state index in [0.717, 1.165) is 6.42 Å². The van der Waals surface area contributed by atoms with Crippen LogP contribution < -0.4 is 0 Å². The summed E-state index contributed by atoms with van der Waals surface area (Å²) >= 11 is 0. The van der Waals surface area contributed by atoms with E-state index in [0.29, 0.717) is 5.92 Å². The van der Waals surface area contributed by atoms with Gasteiger partial charge in [-0.1, -0.05) is 87.9 Å². The first-order chi connectivity index (χ1) is 9.81. The van der Waals surface area contributed by atoms with Gasteiger partial charge in [0.1, 0.15) is 0 Å². The highest BCUT2D eigenvalue weighted by Crippen LogP contribution is 2.22. The summed E-state index contributed by atoms with van der Waals surface area (Å²) < 4.78 is 0. The van der Waals surface area contributed by atoms with Crippen molar-refractivity contribution in [1.82, 2.24) is 0 Å². The van der Waals surface area contributed by atoms with Crippen LogP contribution in [0.3, 0.4) is 0 Å². The van der Waals surface area contributed by atoms with Crippen LogP contribution in [0.25, 0.3) is 6.08 Å². The van der Waals surface area contributed by atoms with E-state index in [1.807, 2.05) is 0 Å². The molecule has 0 saturated carbocycles. The molecular formula is C20H28. The summed E-state index contributed by atoms with van der Waals surface area (Å²) in [7, 11) is 0. The molecular weight excluding hydrogens is 240 g/mol. The molecule has 0 amide bonds. The van der Waals surface area contributed by atoms with Gasteiger partial charge in [-0.3, -0.25) is 0 Å². The lowest BCUT2D eigenvalue weighted by molar-refractivity contribution is 0.544. The zero-order valence-electron chi connectivity index (χ0n) is 13.2. The Kier molecular flexibility index (Phi) is 8.46. The van der Waals surface area contributed by atoms with Gasteiger partial charge in [0.15, 0.2) is 0 Å². The fourth-order valence-corrected chi connectivity index (χ4v) is 2.37. The zero-order chi connectivity index (χ0) is 14.6. The maximum atomic E-state index is 2.30. The molecule has 20 heavy (non-hydrogen) atoms. The summed E-state index contributed by atoms with van der Waals surface area (Å²) in [4.78, 5) is 0. The minimum Gasteiger partial charge on any atom is -0.0845 e. The molecule has 0 radical (unpaired) electrons. The van der Waals surface area contributed by atoms with E-state index in [2.05, 4.69) is 81.5 Å². The summed E-state index contributed by atoms with van der Waals surface area (Å²) in [6.07, 6.45) is 16.0. The Bertz CT molecular complexity index is 434. The van der Waals surface area contributed by atoms with Crippen molar-refractivity contribution in [2.24, 2.45) is 5.92 Å². The summed E-state index contributed by atoms with van der Waals surface area (Å²) in [5.74, 6) is 0.684. The molecule has 1 unspecified atom stereocenters. The average Bonchev–Trinajstić information content (AvgIpc) is 2.49. The minimum absolute atomic E-state index is 0.684. The van der Waals surface area contributed by atoms with E-state index in [9.17, 15) is 0 Å². The van der Waals surface area contributed by atoms with Crippen LogP contribution in [0.5, 0.6) is 0 Å². The molecule has 0 bridgehead atoms. The summed E-state index contributed by atoms with van der Waals surface area (Å²) in [6, 6.07) is 10.5. The lowest BCUT2D eigenvalue weighted by atomic mass is 9.91. The molecule has 0 spiro atoms. The van der Waals surface area contributed by atoms with Gasteiger partial charge in [0.2, 0.25) is 0 Å². The number of allylic oxidation sites excluding steroid dienone is 5. The molecule has 1 aromatic carbocycles. The van der Waals surface area contributed by atoms with E-state index in [4.69, 9.17) is 0 Å². The highest BCUT2D eigenvalue weighted by molar-refractivity contribution is 5.51. The van der Waals surface area contributed by atoms with Crippen LogP contribution in [0.2, 0.25) is 0 Å². The van der Waals surface area contributed by atoms with E-state index in [1.165, 1.54) is 30.4 Å². The SMILES string of the molecule is CC\C=C/C(=C\C=C\c1ccccc1)C(CC)CCC. The van der Waals surface area contributed by atoms with Crippen molar-refractivity contribution in [1.29, 1.82) is 0 Å². The number of rotatable bonds is 8. The van der Waals surface area contributed by atoms with Crippen molar-refractivity contribution >= 4 is 6.08 Å². The number of hydrogen-bond donors (Lipinski definition) is 0. The maximum absolute atomic E-state index is 2.30. The Morgan fingerprint density at radius 2 is 1.85 bits per heavy atom. The van der Waals surface area contributed by atoms with E-state index in [1.54, 1.807) is 0 Å². The van der Waals surface area contributed by atoms with Crippen LogP contribution in [-0.2, 0) is 0 Å². The summed E-state index contributed by atoms with van der Waals surface area (Å²) in [5, 5.41) is 0. The van der Waals surface area contributed by atoms with Gasteiger partial charge in [0.25, 0.3) is 0 Å². The summed E-state index contributed by atoms with van der Waals surface area (Å²) in [6.45, 7) is 6.74. The lowest BCUT2D eigenvalue weighted by Crippen LogP contribution is -2.00. The smallest absolute Gasteiger partial charge is 0.0165 e. The molecule has 0 aliphatic carbocycles. The standard InChI is InChI=1S/C20H28/c1-4-7-16-20(19(6-3)12-5-2)17-11-15-18-13-9-8-10-14-18/h7-11,13-17,19H,4-6,12H2,1-3H3/b15-11+,16-7-,20-17+. The fraction of sp³-hybridized carbons (Fsp3) is 0.400. The number of benzene rings is 1. The van der Waals surface area contributed by atoms with Gasteiger partial charge in [-0.15, -0.1) is 0 Å². The molecule has 0 aromatic heterocycles. The monoisotopic (exact) mass is 268 g/mol. The molecule has 0 aliphatic heterocycles. The van der Waals surface area contributed by atoms with Crippen molar-refractivity contribution < 1.29 is 0 Å². The molecule has 0 heterocycles. The Labute approximate surface area is 124 Å². The first-order valence-corrected chi connectivity index (χ1v) is 7.91. The largest absolute Gasteiger partial charge is 0.0845 e. The van der Waals surface area contributed by atoms with Gasteiger partial charge >= 0.3 is 0 Å². The van der Waals surface area contributed by atoms with Crippen molar-refractivity contribution in [2.75, 3.05) is 0 Å². The molecule has 0 N–H and O–H groups in total. The minimum atomic E-state index is 0.684. The molecule has 0 fully saturated rings. The molecule has 0 aliphatic rings. The first kappa shape index (κ1) is 16.5. The second-order valence-electron chi connectivity index (χ2n) is 5.14. The highest BCUT2D eigenvalue weighted by atomic mass is 14.1. The highest BCUT2D eigenvalue weighted by Gasteiger charge is 2.07. The molecule has 1 atom stereocenters. The van der Waals surface area contributed by atoms with E-state index >= 15 is 0 Å². The van der Waals surface area contributed by atoms with Gasteiger partial charge in [0.05, 0.1) is 0 Å². The molecule has 1 rings (SSSR count). The molecule has 0 nitrogen and oxygen atoms in total. The van der Waals surface area contributed by atoms with Gasteiger partial charge in [0, 0.05) is 0 Å². The van der Waals surface area contributed by atoms with Crippen molar-refractivity contribution in [2.45, 2.75) is 46.5 Å².